The first-order chi connectivity index (χ1) is 15.2. The fourth-order valence-corrected chi connectivity index (χ4v) is 4.75. The Kier molecular flexibility index (Phi) is 4.63. The molecule has 0 saturated carbocycles. The Morgan fingerprint density at radius 1 is 1.16 bits per heavy atom. The van der Waals surface area contributed by atoms with Gasteiger partial charge in [0.25, 0.3) is 5.91 Å². The molecule has 5 rings (SSSR count). The highest BCUT2D eigenvalue weighted by Crippen LogP contribution is 2.41. The van der Waals surface area contributed by atoms with Crippen molar-refractivity contribution in [2.24, 2.45) is 0 Å². The molecule has 1 amide bonds. The Bertz CT molecular complexity index is 1410. The quantitative estimate of drug-likeness (QED) is 0.443. The zero-order valence-corrected chi connectivity index (χ0v) is 17.6. The van der Waals surface area contributed by atoms with Gasteiger partial charge in [0.15, 0.2) is 0 Å². The number of aromatic nitrogens is 3. The number of rotatable bonds is 2. The van der Waals surface area contributed by atoms with E-state index in [0.717, 1.165) is 27.4 Å². The fraction of sp³-hybridized carbons (Fsp3) is 0.182. The van der Waals surface area contributed by atoms with Crippen molar-refractivity contribution in [1.29, 1.82) is 0 Å². The van der Waals surface area contributed by atoms with Crippen molar-refractivity contribution < 1.29 is 18.0 Å². The Balaban J connectivity index is 1.63. The number of nitrogens with one attached hydrogen (secondary N) is 2. The monoisotopic (exact) mass is 455 g/mol. The molecular weight excluding hydrogens is 439 g/mol. The van der Waals surface area contributed by atoms with Gasteiger partial charge in [0.2, 0.25) is 0 Å². The maximum absolute atomic E-state index is 13.0. The molecule has 4 aromatic rings. The van der Waals surface area contributed by atoms with Crippen molar-refractivity contribution in [3.8, 4) is 11.4 Å². The molecule has 0 unspecified atom stereocenters. The maximum atomic E-state index is 13.0. The topological polar surface area (TPSA) is 79.8 Å². The van der Waals surface area contributed by atoms with Crippen molar-refractivity contribution in [3.63, 3.8) is 0 Å². The second-order valence-corrected chi connectivity index (χ2v) is 8.58. The van der Waals surface area contributed by atoms with Gasteiger partial charge in [-0.3, -0.25) is 9.78 Å². The van der Waals surface area contributed by atoms with Gasteiger partial charge in [-0.2, -0.15) is 13.2 Å². The van der Waals surface area contributed by atoms with Crippen molar-refractivity contribution in [3.05, 3.63) is 53.8 Å². The molecule has 1 aliphatic heterocycles. The minimum atomic E-state index is -4.59. The Labute approximate surface area is 184 Å². The first kappa shape index (κ1) is 20.4. The molecule has 0 bridgehead atoms. The summed E-state index contributed by atoms with van der Waals surface area (Å²) in [5, 5.41) is 8.05. The lowest BCUT2D eigenvalue weighted by Crippen LogP contribution is -2.34. The largest absolute Gasteiger partial charge is 0.417 e. The van der Waals surface area contributed by atoms with Gasteiger partial charge in [-0.05, 0) is 31.2 Å². The number of thiophene rings is 1. The van der Waals surface area contributed by atoms with Crippen LogP contribution in [0.1, 0.15) is 22.3 Å². The van der Waals surface area contributed by atoms with Crippen LogP contribution in [-0.4, -0.2) is 39.6 Å². The molecule has 32 heavy (non-hydrogen) atoms. The summed E-state index contributed by atoms with van der Waals surface area (Å²) in [6.07, 6.45) is -2.20. The van der Waals surface area contributed by atoms with Gasteiger partial charge in [0.05, 0.1) is 40.6 Å². The number of hydrogen-bond acceptors (Lipinski definition) is 6. The number of halogens is 3. The number of allylic oxidation sites excluding steroid dienone is 1. The first-order valence-electron chi connectivity index (χ1n) is 9.72. The molecule has 0 spiro atoms. The third-order valence-corrected chi connectivity index (χ3v) is 6.39. The van der Waals surface area contributed by atoms with Gasteiger partial charge in [0, 0.05) is 28.1 Å². The van der Waals surface area contributed by atoms with Crippen molar-refractivity contribution in [2.75, 3.05) is 11.9 Å². The number of anilines is 1. The highest BCUT2D eigenvalue weighted by atomic mass is 32.1. The van der Waals surface area contributed by atoms with Crippen LogP contribution in [0.15, 0.2) is 43.2 Å². The molecule has 1 atom stereocenters. The third-order valence-electron chi connectivity index (χ3n) is 5.24. The fourth-order valence-electron chi connectivity index (χ4n) is 3.65. The molecule has 1 aromatic carbocycles. The van der Waals surface area contributed by atoms with Crippen LogP contribution >= 0.6 is 11.3 Å². The molecule has 0 saturated heterocycles. The Hall–Kier alpha value is -3.53. The number of amides is 1. The van der Waals surface area contributed by atoms with Gasteiger partial charge in [-0.15, -0.1) is 11.3 Å². The SMILES string of the molecule is C=C(c1cncc(-c2ccc3c(ccc4sc5c(c43)NC[C@@H](C)NC5=O)n2)n1)C(F)(F)F. The molecule has 3 aromatic heterocycles. The van der Waals surface area contributed by atoms with Gasteiger partial charge in [0.1, 0.15) is 10.6 Å². The summed E-state index contributed by atoms with van der Waals surface area (Å²) in [4.78, 5) is 25.7. The van der Waals surface area contributed by atoms with E-state index >= 15 is 0 Å². The van der Waals surface area contributed by atoms with Crippen LogP contribution in [0.2, 0.25) is 0 Å². The highest BCUT2D eigenvalue weighted by Gasteiger charge is 2.34. The van der Waals surface area contributed by atoms with Crippen LogP contribution in [-0.2, 0) is 0 Å². The molecular formula is C22H16F3N5OS. The predicted octanol–water partition coefficient (Wildman–Crippen LogP) is 5.03. The summed E-state index contributed by atoms with van der Waals surface area (Å²) in [7, 11) is 0. The summed E-state index contributed by atoms with van der Waals surface area (Å²) in [5.74, 6) is -0.117. The summed E-state index contributed by atoms with van der Waals surface area (Å²) in [5.41, 5.74) is 0.605. The van der Waals surface area contributed by atoms with E-state index in [0.29, 0.717) is 22.6 Å². The zero-order valence-electron chi connectivity index (χ0n) is 16.7. The van der Waals surface area contributed by atoms with Crippen LogP contribution in [0.3, 0.4) is 0 Å². The molecule has 6 nitrogen and oxygen atoms in total. The second kappa shape index (κ2) is 7.27. The summed E-state index contributed by atoms with van der Waals surface area (Å²) < 4.78 is 39.9. The average Bonchev–Trinajstić information content (AvgIpc) is 3.09. The lowest BCUT2D eigenvalue weighted by molar-refractivity contribution is -0.0689. The maximum Gasteiger partial charge on any atom is 0.417 e. The molecule has 0 aliphatic carbocycles. The predicted molar refractivity (Wildman–Crippen MR) is 119 cm³/mol. The number of fused-ring (bicyclic) bond motifs is 5. The molecule has 10 heteroatoms. The van der Waals surface area contributed by atoms with Gasteiger partial charge < -0.3 is 10.6 Å². The number of carbonyl (C=O) groups is 1. The van der Waals surface area contributed by atoms with E-state index < -0.39 is 11.7 Å². The molecule has 0 radical (unpaired) electrons. The number of alkyl halides is 3. The molecule has 4 heterocycles. The van der Waals surface area contributed by atoms with Crippen molar-refractivity contribution in [2.45, 2.75) is 19.1 Å². The van der Waals surface area contributed by atoms with Crippen LogP contribution in [0.5, 0.6) is 0 Å². The van der Waals surface area contributed by atoms with E-state index in [-0.39, 0.29) is 23.3 Å². The standard InChI is InChI=1S/C22H16F3N5OS/c1-10-7-27-19-18-12-3-4-14(16-9-26-8-15(30-16)11(2)22(23,24)25)29-13(12)5-6-17(18)32-20(19)21(31)28-10/h3-6,8-10,27H,2,7H2,1H3,(H,28,31)/t10-/m1/s1. The number of nitrogens with zero attached hydrogens (tertiary/aromatic N) is 3. The van der Waals surface area contributed by atoms with Crippen molar-refractivity contribution in [1.82, 2.24) is 20.3 Å². The van der Waals surface area contributed by atoms with E-state index in [1.807, 2.05) is 25.1 Å². The number of carbonyl (C=O) groups excluding carboxylic acids is 1. The molecule has 162 valence electrons. The van der Waals surface area contributed by atoms with Crippen LogP contribution in [0, 0.1) is 0 Å². The molecule has 0 fully saturated rings. The molecule has 1 aliphatic rings. The average molecular weight is 455 g/mol. The number of hydrogen-bond donors (Lipinski definition) is 2. The third kappa shape index (κ3) is 3.36. The number of benzene rings is 1. The van der Waals surface area contributed by atoms with Gasteiger partial charge in [-0.25, -0.2) is 9.97 Å². The number of pyridine rings is 1. The van der Waals surface area contributed by atoms with Crippen molar-refractivity contribution >= 4 is 49.5 Å². The minimum Gasteiger partial charge on any atom is -0.381 e. The smallest absolute Gasteiger partial charge is 0.381 e. The first-order valence-corrected chi connectivity index (χ1v) is 10.5. The van der Waals surface area contributed by atoms with E-state index in [1.54, 1.807) is 6.07 Å². The van der Waals surface area contributed by atoms with Gasteiger partial charge in [-0.1, -0.05) is 6.58 Å². The van der Waals surface area contributed by atoms with Crippen LogP contribution < -0.4 is 10.6 Å². The Morgan fingerprint density at radius 3 is 2.75 bits per heavy atom. The Morgan fingerprint density at radius 2 is 1.97 bits per heavy atom. The normalized spacial score (nSPS) is 16.4. The lowest BCUT2D eigenvalue weighted by atomic mass is 10.1. The van der Waals surface area contributed by atoms with E-state index in [2.05, 4.69) is 32.2 Å². The van der Waals surface area contributed by atoms with E-state index in [4.69, 9.17) is 0 Å². The highest BCUT2D eigenvalue weighted by molar-refractivity contribution is 7.21. The van der Waals surface area contributed by atoms with Crippen LogP contribution in [0.25, 0.3) is 38.0 Å². The lowest BCUT2D eigenvalue weighted by Gasteiger charge is -2.11. The van der Waals surface area contributed by atoms with Gasteiger partial charge >= 0.3 is 6.18 Å². The van der Waals surface area contributed by atoms with E-state index in [1.165, 1.54) is 17.5 Å². The van der Waals surface area contributed by atoms with E-state index in [9.17, 15) is 18.0 Å². The summed E-state index contributed by atoms with van der Waals surface area (Å²) in [6.45, 7) is 5.61. The second-order valence-electron chi connectivity index (χ2n) is 7.53. The molecule has 2 N–H and O–H groups in total. The van der Waals surface area contributed by atoms with Crippen LogP contribution in [0.4, 0.5) is 18.9 Å². The summed E-state index contributed by atoms with van der Waals surface area (Å²) >= 11 is 1.41. The zero-order chi connectivity index (χ0) is 22.6. The summed E-state index contributed by atoms with van der Waals surface area (Å²) in [6, 6.07) is 7.24. The minimum absolute atomic E-state index is 0.00541.